The van der Waals surface area contributed by atoms with Gasteiger partial charge in [-0.3, -0.25) is 4.79 Å². The summed E-state index contributed by atoms with van der Waals surface area (Å²) in [6.07, 6.45) is 5.14. The maximum atomic E-state index is 12.3. The maximum absolute atomic E-state index is 12.3. The van der Waals surface area contributed by atoms with Crippen molar-refractivity contribution in [2.45, 2.75) is 32.7 Å². The van der Waals surface area contributed by atoms with Gasteiger partial charge in [0.05, 0.1) is 12.8 Å². The molecule has 6 nitrogen and oxygen atoms in total. The van der Waals surface area contributed by atoms with Crippen LogP contribution in [0.1, 0.15) is 41.2 Å². The molecule has 1 saturated heterocycles. The van der Waals surface area contributed by atoms with Crippen molar-refractivity contribution in [3.63, 3.8) is 0 Å². The van der Waals surface area contributed by atoms with Gasteiger partial charge in [0.15, 0.2) is 0 Å². The summed E-state index contributed by atoms with van der Waals surface area (Å²) in [5.74, 6) is 1.17. The summed E-state index contributed by atoms with van der Waals surface area (Å²) in [6.45, 7) is 4.15. The summed E-state index contributed by atoms with van der Waals surface area (Å²) in [6, 6.07) is 5.33. The molecule has 0 bridgehead atoms. The Balaban J connectivity index is 1.72. The molecule has 1 aliphatic rings. The Morgan fingerprint density at radius 2 is 2.14 bits per heavy atom. The number of aromatic nitrogens is 2. The molecular formula is C16H20N4O2. The third-order valence-electron chi connectivity index (χ3n) is 3.72. The number of nitrogens with one attached hydrogen (secondary N) is 1. The quantitative estimate of drug-likeness (QED) is 0.938. The van der Waals surface area contributed by atoms with Crippen molar-refractivity contribution >= 4 is 11.9 Å². The summed E-state index contributed by atoms with van der Waals surface area (Å²) in [7, 11) is 0. The molecule has 0 aromatic carbocycles. The molecule has 1 amide bonds. The normalized spacial score (nSPS) is 14.9. The minimum atomic E-state index is -0.208. The molecule has 0 saturated carbocycles. The monoisotopic (exact) mass is 300 g/mol. The van der Waals surface area contributed by atoms with E-state index in [1.165, 1.54) is 6.42 Å². The van der Waals surface area contributed by atoms with Crippen LogP contribution in [0.3, 0.4) is 0 Å². The fraction of sp³-hybridized carbons (Fsp3) is 0.438. The van der Waals surface area contributed by atoms with Crippen molar-refractivity contribution in [1.29, 1.82) is 0 Å². The number of amides is 1. The second-order valence-corrected chi connectivity index (χ2v) is 5.50. The zero-order valence-electron chi connectivity index (χ0n) is 12.7. The van der Waals surface area contributed by atoms with Gasteiger partial charge < -0.3 is 14.6 Å². The topological polar surface area (TPSA) is 71.3 Å². The van der Waals surface area contributed by atoms with E-state index in [1.54, 1.807) is 18.4 Å². The zero-order valence-corrected chi connectivity index (χ0v) is 12.7. The molecule has 6 heteroatoms. The lowest BCUT2D eigenvalue weighted by Crippen LogP contribution is -2.32. The first-order valence-electron chi connectivity index (χ1n) is 7.63. The first-order valence-corrected chi connectivity index (χ1v) is 7.63. The molecule has 22 heavy (non-hydrogen) atoms. The molecule has 1 N–H and O–H groups in total. The van der Waals surface area contributed by atoms with Crippen LogP contribution >= 0.6 is 0 Å². The van der Waals surface area contributed by atoms with Gasteiger partial charge in [0.1, 0.15) is 11.5 Å². The van der Waals surface area contributed by atoms with E-state index in [4.69, 9.17) is 4.42 Å². The fourth-order valence-corrected chi connectivity index (χ4v) is 2.58. The Bertz CT molecular complexity index is 634. The number of piperidine rings is 1. The van der Waals surface area contributed by atoms with Crippen LogP contribution in [-0.2, 0) is 6.54 Å². The molecule has 2 aromatic heterocycles. The summed E-state index contributed by atoms with van der Waals surface area (Å²) in [4.78, 5) is 23.3. The Hall–Kier alpha value is -2.37. The zero-order chi connectivity index (χ0) is 15.4. The van der Waals surface area contributed by atoms with Crippen molar-refractivity contribution in [2.75, 3.05) is 18.0 Å². The molecule has 0 radical (unpaired) electrons. The number of aryl methyl sites for hydroxylation is 1. The largest absolute Gasteiger partial charge is 0.467 e. The molecule has 0 spiro atoms. The second-order valence-electron chi connectivity index (χ2n) is 5.50. The van der Waals surface area contributed by atoms with Gasteiger partial charge in [0.2, 0.25) is 5.95 Å². The third kappa shape index (κ3) is 3.44. The van der Waals surface area contributed by atoms with Crippen molar-refractivity contribution in [3.8, 4) is 0 Å². The molecule has 116 valence electrons. The van der Waals surface area contributed by atoms with E-state index in [-0.39, 0.29) is 5.91 Å². The van der Waals surface area contributed by atoms with E-state index in [2.05, 4.69) is 20.2 Å². The smallest absolute Gasteiger partial charge is 0.270 e. The summed E-state index contributed by atoms with van der Waals surface area (Å²) in [5, 5.41) is 2.82. The highest BCUT2D eigenvalue weighted by Gasteiger charge is 2.17. The molecule has 0 aliphatic carbocycles. The van der Waals surface area contributed by atoms with Crippen molar-refractivity contribution in [2.24, 2.45) is 0 Å². The Morgan fingerprint density at radius 3 is 2.86 bits per heavy atom. The minimum absolute atomic E-state index is 0.208. The van der Waals surface area contributed by atoms with Crippen LogP contribution in [0.5, 0.6) is 0 Å². The molecule has 3 heterocycles. The number of carbonyl (C=O) groups excluding carboxylic acids is 1. The number of carbonyl (C=O) groups is 1. The van der Waals surface area contributed by atoms with Gasteiger partial charge in [-0.15, -0.1) is 0 Å². The van der Waals surface area contributed by atoms with Gasteiger partial charge in [-0.25, -0.2) is 9.97 Å². The average molecular weight is 300 g/mol. The Labute approximate surface area is 129 Å². The van der Waals surface area contributed by atoms with Gasteiger partial charge in [-0.05, 0) is 44.4 Å². The van der Waals surface area contributed by atoms with Gasteiger partial charge in [-0.2, -0.15) is 0 Å². The number of anilines is 1. The number of hydrogen-bond donors (Lipinski definition) is 1. The lowest BCUT2D eigenvalue weighted by Gasteiger charge is -2.27. The number of hydrogen-bond acceptors (Lipinski definition) is 5. The Kier molecular flexibility index (Phi) is 4.37. The lowest BCUT2D eigenvalue weighted by molar-refractivity contribution is 0.0943. The van der Waals surface area contributed by atoms with Crippen LogP contribution in [0, 0.1) is 6.92 Å². The lowest BCUT2D eigenvalue weighted by atomic mass is 10.1. The molecular weight excluding hydrogens is 280 g/mol. The number of furan rings is 1. The minimum Gasteiger partial charge on any atom is -0.467 e. The van der Waals surface area contributed by atoms with E-state index >= 15 is 0 Å². The van der Waals surface area contributed by atoms with E-state index in [0.717, 1.165) is 37.4 Å². The highest BCUT2D eigenvalue weighted by molar-refractivity contribution is 5.92. The molecule has 2 aromatic rings. The van der Waals surface area contributed by atoms with Gasteiger partial charge >= 0.3 is 0 Å². The summed E-state index contributed by atoms with van der Waals surface area (Å²) < 4.78 is 5.21. The van der Waals surface area contributed by atoms with Crippen LogP contribution in [0.15, 0.2) is 28.9 Å². The van der Waals surface area contributed by atoms with E-state index < -0.39 is 0 Å². The maximum Gasteiger partial charge on any atom is 0.270 e. The number of rotatable bonds is 4. The van der Waals surface area contributed by atoms with Gasteiger partial charge in [-0.1, -0.05) is 0 Å². The number of nitrogens with zero attached hydrogens (tertiary/aromatic N) is 3. The van der Waals surface area contributed by atoms with Crippen LogP contribution in [0.4, 0.5) is 5.95 Å². The summed E-state index contributed by atoms with van der Waals surface area (Å²) >= 11 is 0. The molecule has 3 rings (SSSR count). The highest BCUT2D eigenvalue weighted by atomic mass is 16.3. The van der Waals surface area contributed by atoms with Crippen molar-refractivity contribution < 1.29 is 9.21 Å². The highest BCUT2D eigenvalue weighted by Crippen LogP contribution is 2.16. The van der Waals surface area contributed by atoms with Gasteiger partial charge in [0, 0.05) is 18.8 Å². The average Bonchev–Trinajstić information content (AvgIpc) is 3.06. The first kappa shape index (κ1) is 14.6. The summed E-state index contributed by atoms with van der Waals surface area (Å²) in [5.41, 5.74) is 1.21. The van der Waals surface area contributed by atoms with Crippen molar-refractivity contribution in [1.82, 2.24) is 15.3 Å². The molecule has 1 aliphatic heterocycles. The van der Waals surface area contributed by atoms with Crippen molar-refractivity contribution in [3.05, 3.63) is 41.6 Å². The predicted molar refractivity (Wildman–Crippen MR) is 82.7 cm³/mol. The first-order chi connectivity index (χ1) is 10.7. The van der Waals surface area contributed by atoms with E-state index in [9.17, 15) is 4.79 Å². The second kappa shape index (κ2) is 6.60. The van der Waals surface area contributed by atoms with Crippen LogP contribution in [-0.4, -0.2) is 29.0 Å². The molecule has 0 unspecified atom stereocenters. The SMILES string of the molecule is Cc1cc(C(=O)NCc2ccco2)nc(N2CCCCC2)n1. The Morgan fingerprint density at radius 1 is 1.32 bits per heavy atom. The molecule has 0 atom stereocenters. The van der Waals surface area contributed by atoms with Crippen LogP contribution < -0.4 is 10.2 Å². The standard InChI is InChI=1S/C16H20N4O2/c1-12-10-14(15(21)17-11-13-6-5-9-22-13)19-16(18-12)20-7-3-2-4-8-20/h5-6,9-10H,2-4,7-8,11H2,1H3,(H,17,21). The van der Waals surface area contributed by atoms with E-state index in [0.29, 0.717) is 18.2 Å². The fourth-order valence-electron chi connectivity index (χ4n) is 2.58. The van der Waals surface area contributed by atoms with Gasteiger partial charge in [0.25, 0.3) is 5.91 Å². The predicted octanol–water partition coefficient (Wildman–Crippen LogP) is 2.30. The van der Waals surface area contributed by atoms with Crippen LogP contribution in [0.25, 0.3) is 0 Å². The third-order valence-corrected chi connectivity index (χ3v) is 3.72. The van der Waals surface area contributed by atoms with E-state index in [1.807, 2.05) is 13.0 Å². The molecule has 1 fully saturated rings. The van der Waals surface area contributed by atoms with Crippen LogP contribution in [0.2, 0.25) is 0 Å².